The van der Waals surface area contributed by atoms with E-state index in [2.05, 4.69) is 5.32 Å². The predicted octanol–water partition coefficient (Wildman–Crippen LogP) is 4.11. The van der Waals surface area contributed by atoms with Crippen LogP contribution in [-0.2, 0) is 4.79 Å². The zero-order chi connectivity index (χ0) is 17.5. The summed E-state index contributed by atoms with van der Waals surface area (Å²) in [6, 6.07) is 24.8. The van der Waals surface area contributed by atoms with E-state index in [9.17, 15) is 9.18 Å². The topological polar surface area (TPSA) is 38.3 Å². The van der Waals surface area contributed by atoms with Crippen LogP contribution in [0.1, 0.15) is 17.2 Å². The van der Waals surface area contributed by atoms with Crippen LogP contribution in [0.2, 0.25) is 0 Å². The quantitative estimate of drug-likeness (QED) is 0.736. The maximum Gasteiger partial charge on any atom is 0.258 e. The zero-order valence-corrected chi connectivity index (χ0v) is 13.6. The van der Waals surface area contributed by atoms with Gasteiger partial charge in [-0.15, -0.1) is 0 Å². The van der Waals surface area contributed by atoms with Gasteiger partial charge in [0, 0.05) is 0 Å². The lowest BCUT2D eigenvalue weighted by molar-refractivity contribution is -0.123. The van der Waals surface area contributed by atoms with Gasteiger partial charge in [-0.25, -0.2) is 4.39 Å². The van der Waals surface area contributed by atoms with Gasteiger partial charge in [-0.3, -0.25) is 4.79 Å². The summed E-state index contributed by atoms with van der Waals surface area (Å²) in [6.07, 6.45) is 0. The van der Waals surface area contributed by atoms with E-state index in [4.69, 9.17) is 4.74 Å². The predicted molar refractivity (Wildman–Crippen MR) is 94.8 cm³/mol. The molecule has 0 spiro atoms. The number of hydrogen-bond acceptors (Lipinski definition) is 2. The van der Waals surface area contributed by atoms with Gasteiger partial charge in [-0.2, -0.15) is 0 Å². The average molecular weight is 335 g/mol. The van der Waals surface area contributed by atoms with Crippen molar-refractivity contribution in [1.29, 1.82) is 0 Å². The minimum atomic E-state index is -0.343. The molecular formula is C21H18FNO2. The SMILES string of the molecule is O=C(COc1ccc(F)cc1)NC(c1ccccc1)c1ccccc1. The second-order valence-electron chi connectivity index (χ2n) is 5.56. The van der Waals surface area contributed by atoms with Gasteiger partial charge in [0.15, 0.2) is 6.61 Å². The first-order valence-corrected chi connectivity index (χ1v) is 8.00. The van der Waals surface area contributed by atoms with Crippen molar-refractivity contribution in [3.8, 4) is 5.75 Å². The highest BCUT2D eigenvalue weighted by atomic mass is 19.1. The third-order valence-electron chi connectivity index (χ3n) is 3.75. The number of benzene rings is 3. The molecule has 0 atom stereocenters. The summed E-state index contributed by atoms with van der Waals surface area (Å²) in [5.41, 5.74) is 1.98. The third kappa shape index (κ3) is 4.67. The Hall–Kier alpha value is -3.14. The second-order valence-corrected chi connectivity index (χ2v) is 5.56. The normalized spacial score (nSPS) is 10.5. The lowest BCUT2D eigenvalue weighted by Gasteiger charge is -2.20. The number of halogens is 1. The molecule has 3 rings (SSSR count). The number of amides is 1. The van der Waals surface area contributed by atoms with Gasteiger partial charge in [-0.05, 0) is 35.4 Å². The fraction of sp³-hybridized carbons (Fsp3) is 0.0952. The van der Waals surface area contributed by atoms with Crippen molar-refractivity contribution >= 4 is 5.91 Å². The molecule has 0 saturated carbocycles. The summed E-state index contributed by atoms with van der Waals surface area (Å²) in [5.74, 6) is -0.139. The maximum atomic E-state index is 12.9. The lowest BCUT2D eigenvalue weighted by atomic mass is 9.99. The van der Waals surface area contributed by atoms with Crippen LogP contribution in [0.25, 0.3) is 0 Å². The molecule has 3 aromatic rings. The van der Waals surface area contributed by atoms with Crippen molar-refractivity contribution in [2.75, 3.05) is 6.61 Å². The fourth-order valence-electron chi connectivity index (χ4n) is 2.53. The molecule has 0 saturated heterocycles. The Kier molecular flexibility index (Phi) is 5.42. The van der Waals surface area contributed by atoms with Crippen molar-refractivity contribution in [2.24, 2.45) is 0 Å². The van der Waals surface area contributed by atoms with E-state index < -0.39 is 0 Å². The molecule has 0 aliphatic rings. The van der Waals surface area contributed by atoms with Crippen LogP contribution in [-0.4, -0.2) is 12.5 Å². The van der Waals surface area contributed by atoms with Gasteiger partial charge in [0.25, 0.3) is 5.91 Å². The van der Waals surface area contributed by atoms with E-state index in [0.29, 0.717) is 5.75 Å². The van der Waals surface area contributed by atoms with E-state index in [1.807, 2.05) is 60.7 Å². The first-order chi connectivity index (χ1) is 12.2. The molecule has 0 bridgehead atoms. The van der Waals surface area contributed by atoms with Gasteiger partial charge < -0.3 is 10.1 Å². The molecule has 0 radical (unpaired) electrons. The highest BCUT2D eigenvalue weighted by Crippen LogP contribution is 2.21. The molecule has 0 aliphatic carbocycles. The molecule has 25 heavy (non-hydrogen) atoms. The number of carbonyl (C=O) groups is 1. The van der Waals surface area contributed by atoms with Crippen LogP contribution in [0.5, 0.6) is 5.75 Å². The molecule has 0 unspecified atom stereocenters. The Morgan fingerprint density at radius 1 is 0.840 bits per heavy atom. The molecular weight excluding hydrogens is 317 g/mol. The van der Waals surface area contributed by atoms with Crippen molar-refractivity contribution in [3.63, 3.8) is 0 Å². The maximum absolute atomic E-state index is 12.9. The van der Waals surface area contributed by atoms with E-state index in [1.165, 1.54) is 24.3 Å². The summed E-state index contributed by atoms with van der Waals surface area (Å²) in [7, 11) is 0. The first kappa shape index (κ1) is 16.7. The Morgan fingerprint density at radius 2 is 1.36 bits per heavy atom. The van der Waals surface area contributed by atoms with Crippen LogP contribution in [0.4, 0.5) is 4.39 Å². The van der Waals surface area contributed by atoms with Crippen LogP contribution >= 0.6 is 0 Å². The van der Waals surface area contributed by atoms with E-state index in [-0.39, 0.29) is 24.4 Å². The van der Waals surface area contributed by atoms with E-state index in [0.717, 1.165) is 11.1 Å². The van der Waals surface area contributed by atoms with Gasteiger partial charge in [0.2, 0.25) is 0 Å². The first-order valence-electron chi connectivity index (χ1n) is 8.00. The highest BCUT2D eigenvalue weighted by molar-refractivity contribution is 5.78. The Morgan fingerprint density at radius 3 is 1.88 bits per heavy atom. The number of nitrogens with one attached hydrogen (secondary N) is 1. The summed E-state index contributed by atoms with van der Waals surface area (Å²) < 4.78 is 18.3. The van der Waals surface area contributed by atoms with Crippen molar-refractivity contribution in [2.45, 2.75) is 6.04 Å². The molecule has 3 nitrogen and oxygen atoms in total. The van der Waals surface area contributed by atoms with E-state index in [1.54, 1.807) is 0 Å². The molecule has 1 amide bonds. The number of carbonyl (C=O) groups excluding carboxylic acids is 1. The summed E-state index contributed by atoms with van der Waals surface area (Å²) in [4.78, 5) is 12.3. The number of ether oxygens (including phenoxy) is 1. The van der Waals surface area contributed by atoms with Crippen molar-refractivity contribution < 1.29 is 13.9 Å². The number of hydrogen-bond donors (Lipinski definition) is 1. The zero-order valence-electron chi connectivity index (χ0n) is 13.6. The number of rotatable bonds is 6. The molecule has 126 valence electrons. The van der Waals surface area contributed by atoms with Crippen molar-refractivity contribution in [1.82, 2.24) is 5.32 Å². The molecule has 3 aromatic carbocycles. The lowest BCUT2D eigenvalue weighted by Crippen LogP contribution is -2.33. The van der Waals surface area contributed by atoms with Crippen LogP contribution in [0, 0.1) is 5.82 Å². The Balaban J connectivity index is 1.69. The summed E-state index contributed by atoms with van der Waals surface area (Å²) in [5, 5.41) is 2.99. The third-order valence-corrected chi connectivity index (χ3v) is 3.75. The fourth-order valence-corrected chi connectivity index (χ4v) is 2.53. The molecule has 4 heteroatoms. The monoisotopic (exact) mass is 335 g/mol. The standard InChI is InChI=1S/C21H18FNO2/c22-18-11-13-19(14-12-18)25-15-20(24)23-21(16-7-3-1-4-8-16)17-9-5-2-6-10-17/h1-14,21H,15H2,(H,23,24). The highest BCUT2D eigenvalue weighted by Gasteiger charge is 2.16. The van der Waals surface area contributed by atoms with Gasteiger partial charge in [-0.1, -0.05) is 60.7 Å². The molecule has 0 aliphatic heterocycles. The minimum absolute atomic E-state index is 0.137. The molecule has 0 aromatic heterocycles. The average Bonchev–Trinajstić information content (AvgIpc) is 2.67. The van der Waals surface area contributed by atoms with Gasteiger partial charge >= 0.3 is 0 Å². The second kappa shape index (κ2) is 8.11. The smallest absolute Gasteiger partial charge is 0.258 e. The van der Waals surface area contributed by atoms with E-state index >= 15 is 0 Å². The molecule has 0 fully saturated rings. The van der Waals surface area contributed by atoms with Crippen LogP contribution in [0.15, 0.2) is 84.9 Å². The summed E-state index contributed by atoms with van der Waals surface area (Å²) >= 11 is 0. The van der Waals surface area contributed by atoms with Gasteiger partial charge in [0.05, 0.1) is 6.04 Å². The Labute approximate surface area is 146 Å². The summed E-state index contributed by atoms with van der Waals surface area (Å²) in [6.45, 7) is -0.137. The Bertz CT molecular complexity index is 765. The molecule has 0 heterocycles. The van der Waals surface area contributed by atoms with Gasteiger partial charge in [0.1, 0.15) is 11.6 Å². The van der Waals surface area contributed by atoms with Crippen molar-refractivity contribution in [3.05, 3.63) is 102 Å². The van der Waals surface area contributed by atoms with Crippen LogP contribution in [0.3, 0.4) is 0 Å². The largest absolute Gasteiger partial charge is 0.484 e. The van der Waals surface area contributed by atoms with Crippen LogP contribution < -0.4 is 10.1 Å². The molecule has 1 N–H and O–H groups in total. The minimum Gasteiger partial charge on any atom is -0.484 e.